The highest BCUT2D eigenvalue weighted by molar-refractivity contribution is 6.30. The molecule has 0 saturated heterocycles. The van der Waals surface area contributed by atoms with E-state index in [1.807, 2.05) is 6.07 Å². The zero-order valence-corrected chi connectivity index (χ0v) is 12.1. The van der Waals surface area contributed by atoms with Crippen LogP contribution >= 0.6 is 11.6 Å². The maximum atomic E-state index is 13.0. The summed E-state index contributed by atoms with van der Waals surface area (Å²) in [6.45, 7) is 5.48. The number of hydrogen-bond donors (Lipinski definition) is 1. The minimum atomic E-state index is -0.337. The molecule has 0 aliphatic heterocycles. The van der Waals surface area contributed by atoms with E-state index in [0.717, 1.165) is 37.8 Å². The Bertz CT molecular complexity index is 354. The van der Waals surface area contributed by atoms with Crippen LogP contribution in [0.4, 0.5) is 4.39 Å². The van der Waals surface area contributed by atoms with Gasteiger partial charge in [-0.05, 0) is 56.3 Å². The van der Waals surface area contributed by atoms with E-state index in [0.29, 0.717) is 6.04 Å². The van der Waals surface area contributed by atoms with E-state index < -0.39 is 0 Å². The molecule has 0 fully saturated rings. The Morgan fingerprint density at radius 1 is 1.33 bits per heavy atom. The molecule has 0 radical (unpaired) electrons. The van der Waals surface area contributed by atoms with Crippen molar-refractivity contribution in [2.24, 2.45) is 0 Å². The summed E-state index contributed by atoms with van der Waals surface area (Å²) in [4.78, 5) is 0. The highest BCUT2D eigenvalue weighted by Gasteiger charge is 2.05. The third kappa shape index (κ3) is 5.36. The topological polar surface area (TPSA) is 12.0 Å². The van der Waals surface area contributed by atoms with Crippen molar-refractivity contribution >= 4 is 11.6 Å². The fourth-order valence-electron chi connectivity index (χ4n) is 2.05. The van der Waals surface area contributed by atoms with E-state index in [1.54, 1.807) is 6.07 Å². The summed E-state index contributed by atoms with van der Waals surface area (Å²) in [6.07, 6.45) is 5.56. The number of rotatable bonds is 8. The molecule has 0 amide bonds. The van der Waals surface area contributed by atoms with Crippen LogP contribution in [0.2, 0.25) is 5.02 Å². The molecule has 1 aromatic rings. The average molecular weight is 272 g/mol. The van der Waals surface area contributed by atoms with Gasteiger partial charge in [0.05, 0.1) is 5.02 Å². The van der Waals surface area contributed by atoms with Crippen molar-refractivity contribution in [3.8, 4) is 0 Å². The lowest BCUT2D eigenvalue weighted by molar-refractivity contribution is 0.456. The lowest BCUT2D eigenvalue weighted by Crippen LogP contribution is -2.29. The van der Waals surface area contributed by atoms with Crippen LogP contribution in [0, 0.1) is 5.82 Å². The number of halogens is 2. The molecule has 0 aliphatic rings. The van der Waals surface area contributed by atoms with Gasteiger partial charge in [0.15, 0.2) is 0 Å². The number of hydrogen-bond acceptors (Lipinski definition) is 1. The molecule has 102 valence electrons. The highest BCUT2D eigenvalue weighted by atomic mass is 35.5. The summed E-state index contributed by atoms with van der Waals surface area (Å²) in [5.74, 6) is -0.337. The molecule has 3 heteroatoms. The molecule has 1 aromatic carbocycles. The summed E-state index contributed by atoms with van der Waals surface area (Å²) in [7, 11) is 0. The third-order valence-electron chi connectivity index (χ3n) is 3.18. The van der Waals surface area contributed by atoms with Crippen molar-refractivity contribution in [3.63, 3.8) is 0 Å². The monoisotopic (exact) mass is 271 g/mol. The van der Waals surface area contributed by atoms with Gasteiger partial charge in [-0.15, -0.1) is 0 Å². The molecule has 1 N–H and O–H groups in total. The Balaban J connectivity index is 2.33. The van der Waals surface area contributed by atoms with Crippen molar-refractivity contribution in [2.45, 2.75) is 52.0 Å². The van der Waals surface area contributed by atoms with Crippen LogP contribution in [-0.4, -0.2) is 12.6 Å². The van der Waals surface area contributed by atoms with E-state index in [9.17, 15) is 4.39 Å². The molecule has 18 heavy (non-hydrogen) atoms. The highest BCUT2D eigenvalue weighted by Crippen LogP contribution is 2.17. The summed E-state index contributed by atoms with van der Waals surface area (Å²) in [6, 6.07) is 5.60. The molecule has 0 bridgehead atoms. The van der Waals surface area contributed by atoms with E-state index in [1.165, 1.54) is 12.5 Å². The standard InChI is InChI=1S/C15H23ClFN/c1-3-10-18-13(4-2)7-5-6-12-8-9-15(17)14(16)11-12/h8-9,11,13,18H,3-7,10H2,1-2H3. The fraction of sp³-hybridized carbons (Fsp3) is 0.600. The van der Waals surface area contributed by atoms with Crippen LogP contribution in [0.25, 0.3) is 0 Å². The van der Waals surface area contributed by atoms with Gasteiger partial charge in [-0.1, -0.05) is 31.5 Å². The van der Waals surface area contributed by atoms with Crippen LogP contribution in [-0.2, 0) is 6.42 Å². The Kier molecular flexibility index (Phi) is 7.29. The van der Waals surface area contributed by atoms with Gasteiger partial charge in [0.25, 0.3) is 0 Å². The van der Waals surface area contributed by atoms with Gasteiger partial charge in [0, 0.05) is 6.04 Å². The number of aryl methyl sites for hydroxylation is 1. The molecule has 0 heterocycles. The fourth-order valence-corrected chi connectivity index (χ4v) is 2.25. The summed E-state index contributed by atoms with van der Waals surface area (Å²) in [5.41, 5.74) is 1.12. The van der Waals surface area contributed by atoms with Crippen molar-refractivity contribution in [3.05, 3.63) is 34.6 Å². The Morgan fingerprint density at radius 2 is 2.11 bits per heavy atom. The van der Waals surface area contributed by atoms with Crippen molar-refractivity contribution in [1.82, 2.24) is 5.32 Å². The van der Waals surface area contributed by atoms with E-state index in [2.05, 4.69) is 19.2 Å². The largest absolute Gasteiger partial charge is 0.314 e. The van der Waals surface area contributed by atoms with E-state index >= 15 is 0 Å². The number of benzene rings is 1. The van der Waals surface area contributed by atoms with Crippen molar-refractivity contribution < 1.29 is 4.39 Å². The predicted molar refractivity (Wildman–Crippen MR) is 76.7 cm³/mol. The minimum Gasteiger partial charge on any atom is -0.314 e. The lowest BCUT2D eigenvalue weighted by atomic mass is 10.0. The van der Waals surface area contributed by atoms with Crippen LogP contribution in [0.5, 0.6) is 0 Å². The predicted octanol–water partition coefficient (Wildman–Crippen LogP) is 4.58. The lowest BCUT2D eigenvalue weighted by Gasteiger charge is -2.16. The molecule has 0 saturated carbocycles. The third-order valence-corrected chi connectivity index (χ3v) is 3.47. The maximum absolute atomic E-state index is 13.0. The van der Waals surface area contributed by atoms with Gasteiger partial charge >= 0.3 is 0 Å². The van der Waals surface area contributed by atoms with Gasteiger partial charge in [-0.3, -0.25) is 0 Å². The summed E-state index contributed by atoms with van der Waals surface area (Å²) < 4.78 is 13.0. The van der Waals surface area contributed by atoms with Crippen LogP contribution in [0.15, 0.2) is 18.2 Å². The quantitative estimate of drug-likeness (QED) is 0.730. The molecular formula is C15H23ClFN. The second-order valence-corrected chi connectivity index (χ2v) is 5.11. The molecule has 1 nitrogen and oxygen atoms in total. The average Bonchev–Trinajstić information content (AvgIpc) is 2.37. The maximum Gasteiger partial charge on any atom is 0.141 e. The van der Waals surface area contributed by atoms with Crippen molar-refractivity contribution in [2.75, 3.05) is 6.54 Å². The zero-order valence-electron chi connectivity index (χ0n) is 11.3. The molecular weight excluding hydrogens is 249 g/mol. The first-order valence-electron chi connectivity index (χ1n) is 6.84. The van der Waals surface area contributed by atoms with Crippen LogP contribution in [0.1, 0.15) is 45.1 Å². The van der Waals surface area contributed by atoms with Crippen LogP contribution in [0.3, 0.4) is 0 Å². The van der Waals surface area contributed by atoms with E-state index in [-0.39, 0.29) is 10.8 Å². The summed E-state index contributed by atoms with van der Waals surface area (Å²) in [5, 5.41) is 3.77. The van der Waals surface area contributed by atoms with Gasteiger partial charge in [0.2, 0.25) is 0 Å². The molecule has 0 aromatic heterocycles. The Labute approximate surface area is 115 Å². The SMILES string of the molecule is CCCNC(CC)CCCc1ccc(F)c(Cl)c1. The molecule has 0 spiro atoms. The minimum absolute atomic E-state index is 0.226. The van der Waals surface area contributed by atoms with Gasteiger partial charge in [-0.2, -0.15) is 0 Å². The Morgan fingerprint density at radius 3 is 2.72 bits per heavy atom. The molecule has 1 atom stereocenters. The van der Waals surface area contributed by atoms with E-state index in [4.69, 9.17) is 11.6 Å². The second kappa shape index (κ2) is 8.49. The second-order valence-electron chi connectivity index (χ2n) is 4.70. The molecule has 1 unspecified atom stereocenters. The number of nitrogens with one attached hydrogen (secondary N) is 1. The molecule has 1 rings (SSSR count). The first-order valence-corrected chi connectivity index (χ1v) is 7.22. The van der Waals surface area contributed by atoms with Gasteiger partial charge in [-0.25, -0.2) is 4.39 Å². The van der Waals surface area contributed by atoms with Crippen LogP contribution < -0.4 is 5.32 Å². The normalized spacial score (nSPS) is 12.7. The first kappa shape index (κ1) is 15.5. The van der Waals surface area contributed by atoms with Gasteiger partial charge < -0.3 is 5.32 Å². The Hall–Kier alpha value is -0.600. The first-order chi connectivity index (χ1) is 8.67. The van der Waals surface area contributed by atoms with Crippen molar-refractivity contribution in [1.29, 1.82) is 0 Å². The molecule has 0 aliphatic carbocycles. The van der Waals surface area contributed by atoms with Gasteiger partial charge in [0.1, 0.15) is 5.82 Å². The smallest absolute Gasteiger partial charge is 0.141 e. The zero-order chi connectivity index (χ0) is 13.4. The summed E-state index contributed by atoms with van der Waals surface area (Å²) >= 11 is 5.76.